The van der Waals surface area contributed by atoms with Gasteiger partial charge in [-0.3, -0.25) is 4.79 Å². The molecular formula is C17H19N5OS. The molecule has 0 saturated heterocycles. The van der Waals surface area contributed by atoms with Crippen LogP contribution in [0.2, 0.25) is 0 Å². The summed E-state index contributed by atoms with van der Waals surface area (Å²) in [5.74, 6) is 5.96. The first-order valence-corrected chi connectivity index (χ1v) is 8.85. The summed E-state index contributed by atoms with van der Waals surface area (Å²) in [4.78, 5) is 16.6. The molecule has 0 bridgehead atoms. The lowest BCUT2D eigenvalue weighted by molar-refractivity contribution is -0.119. The number of nitrogens with one attached hydrogen (secondary N) is 1. The summed E-state index contributed by atoms with van der Waals surface area (Å²) in [5.41, 5.74) is 1.05. The van der Waals surface area contributed by atoms with Crippen molar-refractivity contribution < 1.29 is 4.79 Å². The Bertz CT molecular complexity index is 759. The van der Waals surface area contributed by atoms with E-state index in [0.29, 0.717) is 5.16 Å². The fourth-order valence-corrected chi connectivity index (χ4v) is 3.60. The number of amides is 1. The number of nitrogens with zero attached hydrogens (tertiary/aromatic N) is 3. The lowest BCUT2D eigenvalue weighted by atomic mass is 10.0. The number of thioether (sulfide) groups is 1. The van der Waals surface area contributed by atoms with Crippen molar-refractivity contribution in [1.29, 1.82) is 5.26 Å². The summed E-state index contributed by atoms with van der Waals surface area (Å²) in [5, 5.41) is 12.8. The number of hydrogen-bond donors (Lipinski definition) is 2. The standard InChI is InChI=1S/C17H19N5OS/c18-12-17(8-4-5-9-17)21-15(23)11-24-16-20-14(10-22(16)19)13-6-2-1-3-7-13/h1-3,6-7,10H,4-5,8-9,11,19H2,(H,21,23). The third-order valence-electron chi connectivity index (χ3n) is 4.15. The van der Waals surface area contributed by atoms with Crippen molar-refractivity contribution in [1.82, 2.24) is 15.0 Å². The van der Waals surface area contributed by atoms with Gasteiger partial charge in [-0.2, -0.15) is 5.26 Å². The van der Waals surface area contributed by atoms with Gasteiger partial charge in [0.05, 0.1) is 23.7 Å². The molecule has 1 aliphatic rings. The van der Waals surface area contributed by atoms with E-state index in [1.165, 1.54) is 16.4 Å². The number of nitrogen functional groups attached to an aromatic ring is 1. The summed E-state index contributed by atoms with van der Waals surface area (Å²) in [7, 11) is 0. The molecule has 7 heteroatoms. The lowest BCUT2D eigenvalue weighted by Gasteiger charge is -2.21. The second-order valence-corrected chi connectivity index (χ2v) is 6.86. The number of nitriles is 1. The van der Waals surface area contributed by atoms with Crippen LogP contribution in [0.5, 0.6) is 0 Å². The fourth-order valence-electron chi connectivity index (χ4n) is 2.91. The van der Waals surface area contributed by atoms with Crippen LogP contribution in [-0.2, 0) is 4.79 Å². The largest absolute Gasteiger partial charge is 0.337 e. The van der Waals surface area contributed by atoms with Crippen molar-refractivity contribution in [3.05, 3.63) is 36.5 Å². The van der Waals surface area contributed by atoms with Crippen LogP contribution in [0.4, 0.5) is 0 Å². The Hall–Kier alpha value is -2.46. The van der Waals surface area contributed by atoms with Crippen LogP contribution in [0.15, 0.2) is 41.7 Å². The van der Waals surface area contributed by atoms with Crippen molar-refractivity contribution in [3.63, 3.8) is 0 Å². The zero-order chi connectivity index (χ0) is 17.0. The molecule has 1 amide bonds. The van der Waals surface area contributed by atoms with Crippen LogP contribution >= 0.6 is 11.8 Å². The Kier molecular flexibility index (Phi) is 4.76. The normalized spacial score (nSPS) is 15.8. The number of benzene rings is 1. The fraction of sp³-hybridized carbons (Fsp3) is 0.353. The molecule has 124 valence electrons. The van der Waals surface area contributed by atoms with Gasteiger partial charge in [0.2, 0.25) is 5.91 Å². The molecule has 1 aromatic heterocycles. The minimum Gasteiger partial charge on any atom is -0.337 e. The molecule has 0 unspecified atom stereocenters. The highest BCUT2D eigenvalue weighted by Gasteiger charge is 2.35. The smallest absolute Gasteiger partial charge is 0.231 e. The van der Waals surface area contributed by atoms with E-state index in [2.05, 4.69) is 16.4 Å². The molecule has 0 atom stereocenters. The monoisotopic (exact) mass is 341 g/mol. The van der Waals surface area contributed by atoms with Gasteiger partial charge in [0.1, 0.15) is 5.54 Å². The Morgan fingerprint density at radius 1 is 1.38 bits per heavy atom. The van der Waals surface area contributed by atoms with Gasteiger partial charge in [0, 0.05) is 5.56 Å². The van der Waals surface area contributed by atoms with Gasteiger partial charge >= 0.3 is 0 Å². The Morgan fingerprint density at radius 2 is 2.08 bits per heavy atom. The SMILES string of the molecule is N#CC1(NC(=O)CSc2nc(-c3ccccc3)cn2N)CCCC1. The van der Waals surface area contributed by atoms with Crippen LogP contribution in [0.25, 0.3) is 11.3 Å². The number of carbonyl (C=O) groups excluding carboxylic acids is 1. The van der Waals surface area contributed by atoms with E-state index in [4.69, 9.17) is 5.84 Å². The lowest BCUT2D eigenvalue weighted by Crippen LogP contribution is -2.45. The van der Waals surface area contributed by atoms with Gasteiger partial charge in [-0.25, -0.2) is 9.66 Å². The molecule has 0 spiro atoms. The van der Waals surface area contributed by atoms with Crippen molar-refractivity contribution in [2.45, 2.75) is 36.4 Å². The molecular weight excluding hydrogens is 322 g/mol. The molecule has 2 aromatic rings. The highest BCUT2D eigenvalue weighted by atomic mass is 32.2. The first-order chi connectivity index (χ1) is 11.6. The van der Waals surface area contributed by atoms with Gasteiger partial charge < -0.3 is 11.2 Å². The van der Waals surface area contributed by atoms with Crippen molar-refractivity contribution in [2.75, 3.05) is 11.6 Å². The van der Waals surface area contributed by atoms with Gasteiger partial charge in [0.15, 0.2) is 5.16 Å². The molecule has 1 saturated carbocycles. The van der Waals surface area contributed by atoms with Crippen LogP contribution in [0.3, 0.4) is 0 Å². The predicted molar refractivity (Wildman–Crippen MR) is 93.5 cm³/mol. The number of rotatable bonds is 5. The van der Waals surface area contributed by atoms with Crippen molar-refractivity contribution in [3.8, 4) is 17.3 Å². The van der Waals surface area contributed by atoms with E-state index in [-0.39, 0.29) is 11.7 Å². The molecule has 1 heterocycles. The summed E-state index contributed by atoms with van der Waals surface area (Å²) in [6.07, 6.45) is 5.15. The van der Waals surface area contributed by atoms with Gasteiger partial charge in [-0.1, -0.05) is 42.1 Å². The first kappa shape index (κ1) is 16.4. The number of hydrogen-bond acceptors (Lipinski definition) is 5. The average molecular weight is 341 g/mol. The van der Waals surface area contributed by atoms with Crippen LogP contribution < -0.4 is 11.2 Å². The highest BCUT2D eigenvalue weighted by molar-refractivity contribution is 7.99. The number of carbonyl (C=O) groups is 1. The minimum atomic E-state index is -0.690. The van der Waals surface area contributed by atoms with E-state index in [1.54, 1.807) is 6.20 Å². The molecule has 1 aliphatic carbocycles. The van der Waals surface area contributed by atoms with Crippen LogP contribution in [0, 0.1) is 11.3 Å². The molecule has 24 heavy (non-hydrogen) atoms. The average Bonchev–Trinajstić information content (AvgIpc) is 3.21. The van der Waals surface area contributed by atoms with Gasteiger partial charge in [-0.15, -0.1) is 0 Å². The molecule has 3 N–H and O–H groups in total. The molecule has 0 aliphatic heterocycles. The Labute approximate surface area is 145 Å². The van der Waals surface area contributed by atoms with Crippen LogP contribution in [-0.4, -0.2) is 26.9 Å². The summed E-state index contributed by atoms with van der Waals surface area (Å²) < 4.78 is 1.43. The number of aromatic nitrogens is 2. The van der Waals surface area contributed by atoms with Crippen molar-refractivity contribution in [2.24, 2.45) is 0 Å². The van der Waals surface area contributed by atoms with E-state index in [1.807, 2.05) is 30.3 Å². The van der Waals surface area contributed by atoms with E-state index in [0.717, 1.165) is 36.9 Å². The minimum absolute atomic E-state index is 0.160. The molecule has 1 fully saturated rings. The van der Waals surface area contributed by atoms with E-state index >= 15 is 0 Å². The molecule has 1 aromatic carbocycles. The van der Waals surface area contributed by atoms with Gasteiger partial charge in [0.25, 0.3) is 0 Å². The molecule has 6 nitrogen and oxygen atoms in total. The summed E-state index contributed by atoms with van der Waals surface area (Å²) in [6.45, 7) is 0. The molecule has 3 rings (SSSR count). The summed E-state index contributed by atoms with van der Waals surface area (Å²) in [6, 6.07) is 12.0. The second-order valence-electron chi connectivity index (χ2n) is 5.92. The summed E-state index contributed by atoms with van der Waals surface area (Å²) >= 11 is 1.27. The van der Waals surface area contributed by atoms with Gasteiger partial charge in [-0.05, 0) is 25.7 Å². The quantitative estimate of drug-likeness (QED) is 0.642. The maximum absolute atomic E-state index is 12.2. The number of nitrogens with two attached hydrogens (primary N) is 1. The predicted octanol–water partition coefficient (Wildman–Crippen LogP) is 2.31. The molecule has 0 radical (unpaired) electrons. The topological polar surface area (TPSA) is 96.7 Å². The van der Waals surface area contributed by atoms with E-state index < -0.39 is 5.54 Å². The third-order valence-corrected chi connectivity index (χ3v) is 5.12. The third kappa shape index (κ3) is 3.54. The van der Waals surface area contributed by atoms with Crippen molar-refractivity contribution >= 4 is 17.7 Å². The second kappa shape index (κ2) is 6.97. The first-order valence-electron chi connectivity index (χ1n) is 7.87. The van der Waals surface area contributed by atoms with Crippen LogP contribution in [0.1, 0.15) is 25.7 Å². The Balaban J connectivity index is 1.62. The maximum Gasteiger partial charge on any atom is 0.231 e. The highest BCUT2D eigenvalue weighted by Crippen LogP contribution is 2.29. The zero-order valence-electron chi connectivity index (χ0n) is 13.2. The zero-order valence-corrected chi connectivity index (χ0v) is 14.1. The number of imidazole rings is 1. The van der Waals surface area contributed by atoms with E-state index in [9.17, 15) is 10.1 Å². The maximum atomic E-state index is 12.2. The Morgan fingerprint density at radius 3 is 2.75 bits per heavy atom.